The number of imidazole rings is 1. The summed E-state index contributed by atoms with van der Waals surface area (Å²) in [6, 6.07) is 33.2. The van der Waals surface area contributed by atoms with Gasteiger partial charge in [0.05, 0.1) is 6.33 Å². The van der Waals surface area contributed by atoms with E-state index < -0.39 is 5.54 Å². The monoisotopic (exact) mass is 472 g/mol. The summed E-state index contributed by atoms with van der Waals surface area (Å²) in [6.45, 7) is 7.12. The van der Waals surface area contributed by atoms with Gasteiger partial charge in [-0.05, 0) is 22.1 Å². The third-order valence-corrected chi connectivity index (χ3v) is 6.22. The van der Waals surface area contributed by atoms with Crippen molar-refractivity contribution in [1.29, 1.82) is 5.26 Å². The van der Waals surface area contributed by atoms with E-state index in [2.05, 4.69) is 83.1 Å². The van der Waals surface area contributed by atoms with Gasteiger partial charge in [-0.25, -0.2) is 4.98 Å². The largest absolute Gasteiger partial charge is 0.368 e. The van der Waals surface area contributed by atoms with Gasteiger partial charge in [0.25, 0.3) is 0 Å². The van der Waals surface area contributed by atoms with Crippen LogP contribution >= 0.6 is 0 Å². The summed E-state index contributed by atoms with van der Waals surface area (Å²) in [5.74, 6) is 0.664. The maximum atomic E-state index is 9.80. The van der Waals surface area contributed by atoms with Crippen molar-refractivity contribution in [3.05, 3.63) is 120 Å². The number of nitrogens with one attached hydrogen (secondary N) is 1. The average Bonchev–Trinajstić information content (AvgIpc) is 3.33. The molecular formula is C30H28N6. The first-order valence-corrected chi connectivity index (χ1v) is 12.0. The number of nitriles is 1. The fraction of sp³-hybridized carbons (Fsp3) is 0.200. The number of aromatic nitrogens is 4. The Kier molecular flexibility index (Phi) is 5.99. The van der Waals surface area contributed by atoms with E-state index in [1.54, 1.807) is 0 Å². The van der Waals surface area contributed by atoms with Crippen LogP contribution in [-0.4, -0.2) is 26.1 Å². The second kappa shape index (κ2) is 9.27. The molecular weight excluding hydrogens is 444 g/mol. The summed E-state index contributed by atoms with van der Waals surface area (Å²) in [4.78, 5) is 14.0. The highest BCUT2D eigenvalue weighted by Crippen LogP contribution is 2.42. The van der Waals surface area contributed by atoms with E-state index in [1.807, 2.05) is 60.9 Å². The minimum Gasteiger partial charge on any atom is -0.368 e. The summed E-state index contributed by atoms with van der Waals surface area (Å²) in [5.41, 5.74) is 3.64. The van der Waals surface area contributed by atoms with Crippen molar-refractivity contribution in [2.45, 2.75) is 26.3 Å². The highest BCUT2D eigenvalue weighted by molar-refractivity contribution is 5.84. The molecule has 178 valence electrons. The van der Waals surface area contributed by atoms with Crippen LogP contribution in [-0.2, 0) is 5.54 Å². The molecule has 36 heavy (non-hydrogen) atoms. The van der Waals surface area contributed by atoms with Gasteiger partial charge in [0.1, 0.15) is 11.6 Å². The van der Waals surface area contributed by atoms with Crippen LogP contribution in [0.4, 0.5) is 5.82 Å². The van der Waals surface area contributed by atoms with Crippen LogP contribution in [0.2, 0.25) is 0 Å². The Morgan fingerprint density at radius 3 is 1.72 bits per heavy atom. The van der Waals surface area contributed by atoms with Crippen LogP contribution in [0, 0.1) is 16.7 Å². The third-order valence-electron chi connectivity index (χ3n) is 6.22. The molecule has 5 rings (SSSR count). The van der Waals surface area contributed by atoms with E-state index in [-0.39, 0.29) is 11.2 Å². The van der Waals surface area contributed by atoms with Gasteiger partial charge < -0.3 is 5.32 Å². The lowest BCUT2D eigenvalue weighted by atomic mass is 9.76. The Labute approximate surface area is 211 Å². The fourth-order valence-electron chi connectivity index (χ4n) is 4.62. The molecule has 0 saturated heterocycles. The van der Waals surface area contributed by atoms with E-state index in [4.69, 9.17) is 4.98 Å². The molecule has 0 atom stereocenters. The summed E-state index contributed by atoms with van der Waals surface area (Å²) in [5, 5.41) is 13.2. The summed E-state index contributed by atoms with van der Waals surface area (Å²) < 4.78 is 2.08. The lowest BCUT2D eigenvalue weighted by molar-refractivity contribution is 0.442. The third kappa shape index (κ3) is 4.09. The van der Waals surface area contributed by atoms with E-state index in [0.717, 1.165) is 16.7 Å². The number of hydrogen-bond donors (Lipinski definition) is 1. The molecule has 0 aliphatic rings. The molecule has 6 nitrogen and oxygen atoms in total. The molecule has 0 bridgehead atoms. The Balaban J connectivity index is 1.87. The van der Waals surface area contributed by atoms with Crippen LogP contribution < -0.4 is 5.32 Å². The topological polar surface area (TPSA) is 79.4 Å². The predicted molar refractivity (Wildman–Crippen MR) is 143 cm³/mol. The Morgan fingerprint density at radius 1 is 0.778 bits per heavy atom. The van der Waals surface area contributed by atoms with Crippen molar-refractivity contribution in [1.82, 2.24) is 19.5 Å². The fourth-order valence-corrected chi connectivity index (χ4v) is 4.62. The highest BCUT2D eigenvalue weighted by Gasteiger charge is 2.40. The zero-order valence-corrected chi connectivity index (χ0v) is 20.7. The lowest BCUT2D eigenvalue weighted by Crippen LogP contribution is -2.37. The van der Waals surface area contributed by atoms with E-state index >= 15 is 0 Å². The van der Waals surface area contributed by atoms with Crippen LogP contribution in [0.1, 0.15) is 43.3 Å². The van der Waals surface area contributed by atoms with Crippen LogP contribution in [0.5, 0.6) is 0 Å². The van der Waals surface area contributed by atoms with Gasteiger partial charge in [0.2, 0.25) is 5.82 Å². The van der Waals surface area contributed by atoms with Gasteiger partial charge in [-0.3, -0.25) is 4.57 Å². The first kappa shape index (κ1) is 23.3. The minimum atomic E-state index is -0.777. The number of rotatable bonds is 6. The number of benzene rings is 3. The molecule has 2 aromatic heterocycles. The van der Waals surface area contributed by atoms with Gasteiger partial charge in [0.15, 0.2) is 17.0 Å². The molecule has 0 aliphatic carbocycles. The molecule has 0 spiro atoms. The van der Waals surface area contributed by atoms with E-state index in [0.29, 0.717) is 23.5 Å². The molecule has 2 heterocycles. The van der Waals surface area contributed by atoms with Gasteiger partial charge >= 0.3 is 0 Å². The van der Waals surface area contributed by atoms with Gasteiger partial charge in [-0.2, -0.15) is 15.2 Å². The van der Waals surface area contributed by atoms with E-state index in [1.165, 1.54) is 0 Å². The predicted octanol–water partition coefficient (Wildman–Crippen LogP) is 6.00. The summed E-state index contributed by atoms with van der Waals surface area (Å²) in [7, 11) is 0. The van der Waals surface area contributed by atoms with Crippen LogP contribution in [0.3, 0.4) is 0 Å². The van der Waals surface area contributed by atoms with Crippen molar-refractivity contribution < 1.29 is 0 Å². The standard InChI is InChI=1S/C30H28N6/c1-29(2,3)20-32-27-26-28(35-25(19-31)34-27)36(21-33-26)30(22-13-7-4-8-14-22,23-15-9-5-10-16-23)24-17-11-6-12-18-24/h4-18,21H,20H2,1-3H3,(H,32,34,35). The number of nitrogens with zero attached hydrogens (tertiary/aromatic N) is 5. The molecule has 5 aromatic rings. The number of hydrogen-bond acceptors (Lipinski definition) is 5. The van der Waals surface area contributed by atoms with Gasteiger partial charge in [0, 0.05) is 6.54 Å². The lowest BCUT2D eigenvalue weighted by Gasteiger charge is -2.37. The molecule has 1 N–H and O–H groups in total. The highest BCUT2D eigenvalue weighted by atomic mass is 15.2. The zero-order valence-electron chi connectivity index (χ0n) is 20.7. The van der Waals surface area contributed by atoms with Crippen molar-refractivity contribution >= 4 is 17.0 Å². The second-order valence-electron chi connectivity index (χ2n) is 10.0. The van der Waals surface area contributed by atoms with E-state index in [9.17, 15) is 5.26 Å². The Morgan fingerprint density at radius 2 is 1.28 bits per heavy atom. The molecule has 3 aromatic carbocycles. The maximum Gasteiger partial charge on any atom is 0.236 e. The number of anilines is 1. The van der Waals surface area contributed by atoms with Crippen molar-refractivity contribution in [2.75, 3.05) is 11.9 Å². The van der Waals surface area contributed by atoms with Gasteiger partial charge in [-0.15, -0.1) is 0 Å². The van der Waals surface area contributed by atoms with Crippen molar-refractivity contribution in [3.8, 4) is 6.07 Å². The molecule has 0 radical (unpaired) electrons. The SMILES string of the molecule is CC(C)(C)CNc1nc(C#N)nc2c1ncn2C(c1ccccc1)(c1ccccc1)c1ccccc1. The maximum absolute atomic E-state index is 9.80. The van der Waals surface area contributed by atoms with Crippen molar-refractivity contribution in [2.24, 2.45) is 5.41 Å². The molecule has 0 aliphatic heterocycles. The smallest absolute Gasteiger partial charge is 0.236 e. The first-order valence-electron chi connectivity index (χ1n) is 12.0. The van der Waals surface area contributed by atoms with Crippen LogP contribution in [0.25, 0.3) is 11.2 Å². The molecule has 0 unspecified atom stereocenters. The zero-order chi connectivity index (χ0) is 25.2. The Bertz CT molecular complexity index is 1410. The molecule has 6 heteroatoms. The number of fused-ring (bicyclic) bond motifs is 1. The van der Waals surface area contributed by atoms with Crippen molar-refractivity contribution in [3.63, 3.8) is 0 Å². The molecule has 0 amide bonds. The van der Waals surface area contributed by atoms with Crippen LogP contribution in [0.15, 0.2) is 97.3 Å². The minimum absolute atomic E-state index is 0.0223. The summed E-state index contributed by atoms with van der Waals surface area (Å²) in [6.07, 6.45) is 1.82. The summed E-state index contributed by atoms with van der Waals surface area (Å²) >= 11 is 0. The first-order chi connectivity index (χ1) is 17.4. The van der Waals surface area contributed by atoms with Gasteiger partial charge in [-0.1, -0.05) is 112 Å². The Hall–Kier alpha value is -4.50. The molecule has 0 saturated carbocycles. The average molecular weight is 473 g/mol. The molecule has 0 fully saturated rings. The normalized spacial score (nSPS) is 11.8. The quantitative estimate of drug-likeness (QED) is 0.307. The second-order valence-corrected chi connectivity index (χ2v) is 10.0.